The van der Waals surface area contributed by atoms with E-state index in [9.17, 15) is 4.39 Å². The molecule has 28 heavy (non-hydrogen) atoms. The number of hydrogen-bond acceptors (Lipinski definition) is 4. The van der Waals surface area contributed by atoms with Crippen LogP contribution in [0, 0.1) is 19.7 Å². The predicted molar refractivity (Wildman–Crippen MR) is 107 cm³/mol. The molecule has 0 saturated heterocycles. The molecule has 0 aliphatic heterocycles. The molecule has 142 valence electrons. The fraction of sp³-hybridized carbons (Fsp3) is 0.182. The molecule has 5 nitrogen and oxygen atoms in total. The highest BCUT2D eigenvalue weighted by atomic mass is 19.1. The summed E-state index contributed by atoms with van der Waals surface area (Å²) in [6, 6.07) is 16.1. The second-order valence-corrected chi connectivity index (χ2v) is 6.74. The minimum Gasteiger partial charge on any atom is -0.489 e. The van der Waals surface area contributed by atoms with Gasteiger partial charge in [-0.05, 0) is 49.7 Å². The summed E-state index contributed by atoms with van der Waals surface area (Å²) in [6.07, 6.45) is 2.00. The van der Waals surface area contributed by atoms with Crippen molar-refractivity contribution in [1.29, 1.82) is 0 Å². The van der Waals surface area contributed by atoms with E-state index in [0.29, 0.717) is 18.9 Å². The number of aromatic nitrogens is 3. The van der Waals surface area contributed by atoms with E-state index in [0.717, 1.165) is 34.1 Å². The van der Waals surface area contributed by atoms with Crippen LogP contribution in [-0.4, -0.2) is 14.4 Å². The SMILES string of the molecule is Cc1cc(C)n2cc(CNc3cccc(OCc4ccc(F)cc4)c3)nc2n1. The molecule has 0 saturated carbocycles. The topological polar surface area (TPSA) is 51.5 Å². The van der Waals surface area contributed by atoms with E-state index in [2.05, 4.69) is 15.3 Å². The highest BCUT2D eigenvalue weighted by molar-refractivity contribution is 5.48. The van der Waals surface area contributed by atoms with Crippen molar-refractivity contribution in [3.05, 3.63) is 89.3 Å². The van der Waals surface area contributed by atoms with Crippen LogP contribution in [0.2, 0.25) is 0 Å². The molecule has 4 aromatic rings. The number of rotatable bonds is 6. The van der Waals surface area contributed by atoms with Crippen LogP contribution in [0.1, 0.15) is 22.6 Å². The van der Waals surface area contributed by atoms with Crippen molar-refractivity contribution in [2.45, 2.75) is 27.0 Å². The minimum atomic E-state index is -0.248. The van der Waals surface area contributed by atoms with Crippen LogP contribution >= 0.6 is 0 Å². The lowest BCUT2D eigenvalue weighted by molar-refractivity contribution is 0.306. The summed E-state index contributed by atoms with van der Waals surface area (Å²) >= 11 is 0. The third-order valence-electron chi connectivity index (χ3n) is 4.44. The van der Waals surface area contributed by atoms with Gasteiger partial charge in [0.05, 0.1) is 12.2 Å². The van der Waals surface area contributed by atoms with Crippen LogP contribution in [0.4, 0.5) is 10.1 Å². The molecule has 0 bridgehead atoms. The average Bonchev–Trinajstić information content (AvgIpc) is 3.10. The molecule has 0 radical (unpaired) electrons. The fourth-order valence-corrected chi connectivity index (χ4v) is 3.04. The molecule has 0 amide bonds. The van der Waals surface area contributed by atoms with Gasteiger partial charge in [-0.3, -0.25) is 4.40 Å². The second-order valence-electron chi connectivity index (χ2n) is 6.74. The monoisotopic (exact) mass is 376 g/mol. The third-order valence-corrected chi connectivity index (χ3v) is 4.44. The molecule has 0 spiro atoms. The maximum Gasteiger partial charge on any atom is 0.234 e. The summed E-state index contributed by atoms with van der Waals surface area (Å²) in [5.41, 5.74) is 4.84. The molecular weight excluding hydrogens is 355 g/mol. The normalized spacial score (nSPS) is 11.0. The molecule has 0 unspecified atom stereocenters. The Morgan fingerprint density at radius 3 is 2.68 bits per heavy atom. The lowest BCUT2D eigenvalue weighted by Crippen LogP contribution is -2.00. The third kappa shape index (κ3) is 4.11. The molecular formula is C22H21FN4O. The van der Waals surface area contributed by atoms with Gasteiger partial charge in [-0.25, -0.2) is 14.4 Å². The molecule has 6 heteroatoms. The number of benzene rings is 2. The van der Waals surface area contributed by atoms with Crippen molar-refractivity contribution >= 4 is 11.5 Å². The molecule has 0 aliphatic rings. The number of imidazole rings is 1. The number of fused-ring (bicyclic) bond motifs is 1. The number of nitrogens with zero attached hydrogens (tertiary/aromatic N) is 3. The van der Waals surface area contributed by atoms with Crippen LogP contribution in [0.15, 0.2) is 60.8 Å². The van der Waals surface area contributed by atoms with Gasteiger partial charge in [0.25, 0.3) is 0 Å². The predicted octanol–water partition coefficient (Wildman–Crippen LogP) is 4.68. The maximum atomic E-state index is 13.0. The number of hydrogen-bond donors (Lipinski definition) is 1. The Bertz CT molecular complexity index is 1110. The summed E-state index contributed by atoms with van der Waals surface area (Å²) in [5.74, 6) is 1.21. The highest BCUT2D eigenvalue weighted by Gasteiger charge is 2.06. The van der Waals surface area contributed by atoms with Crippen molar-refractivity contribution in [2.24, 2.45) is 0 Å². The Morgan fingerprint density at radius 2 is 1.86 bits per heavy atom. The highest BCUT2D eigenvalue weighted by Crippen LogP contribution is 2.19. The average molecular weight is 376 g/mol. The summed E-state index contributed by atoms with van der Waals surface area (Å²) < 4.78 is 20.8. The minimum absolute atomic E-state index is 0.248. The standard InChI is InChI=1S/C22H21FN4O/c1-15-10-16(2)27-13-20(26-22(27)25-15)12-24-19-4-3-5-21(11-19)28-14-17-6-8-18(23)9-7-17/h3-11,13,24H,12,14H2,1-2H3. The van der Waals surface area contributed by atoms with Crippen molar-refractivity contribution < 1.29 is 9.13 Å². The van der Waals surface area contributed by atoms with E-state index in [-0.39, 0.29) is 5.82 Å². The number of halogens is 1. The van der Waals surface area contributed by atoms with Gasteiger partial charge < -0.3 is 10.1 Å². The van der Waals surface area contributed by atoms with Crippen molar-refractivity contribution in [3.63, 3.8) is 0 Å². The molecule has 4 rings (SSSR count). The summed E-state index contributed by atoms with van der Waals surface area (Å²) in [7, 11) is 0. The molecule has 2 aromatic heterocycles. The Hall–Kier alpha value is -3.41. The summed E-state index contributed by atoms with van der Waals surface area (Å²) in [4.78, 5) is 9.05. The first-order valence-corrected chi connectivity index (χ1v) is 9.10. The molecule has 1 N–H and O–H groups in total. The van der Waals surface area contributed by atoms with E-state index >= 15 is 0 Å². The van der Waals surface area contributed by atoms with Crippen LogP contribution in [-0.2, 0) is 13.2 Å². The van der Waals surface area contributed by atoms with Gasteiger partial charge in [0.1, 0.15) is 18.2 Å². The second kappa shape index (κ2) is 7.68. The van der Waals surface area contributed by atoms with Gasteiger partial charge in [-0.2, -0.15) is 0 Å². The van der Waals surface area contributed by atoms with Gasteiger partial charge in [-0.1, -0.05) is 18.2 Å². The van der Waals surface area contributed by atoms with Crippen LogP contribution in [0.25, 0.3) is 5.78 Å². The molecule has 0 fully saturated rings. The fourth-order valence-electron chi connectivity index (χ4n) is 3.04. The van der Waals surface area contributed by atoms with Crippen molar-refractivity contribution in [3.8, 4) is 5.75 Å². The number of anilines is 1. The molecule has 2 aromatic carbocycles. The molecule has 0 aliphatic carbocycles. The first kappa shape index (κ1) is 18.0. The van der Waals surface area contributed by atoms with Crippen molar-refractivity contribution in [2.75, 3.05) is 5.32 Å². The van der Waals surface area contributed by atoms with Gasteiger partial charge in [-0.15, -0.1) is 0 Å². The zero-order chi connectivity index (χ0) is 19.5. The van der Waals surface area contributed by atoms with Gasteiger partial charge >= 0.3 is 0 Å². The largest absolute Gasteiger partial charge is 0.489 e. The van der Waals surface area contributed by atoms with Gasteiger partial charge in [0.15, 0.2) is 0 Å². The number of ether oxygens (including phenoxy) is 1. The van der Waals surface area contributed by atoms with E-state index in [1.807, 2.05) is 54.8 Å². The Kier molecular flexibility index (Phi) is 4.93. The Balaban J connectivity index is 1.40. The number of aryl methyl sites for hydroxylation is 2. The lowest BCUT2D eigenvalue weighted by Gasteiger charge is -2.09. The van der Waals surface area contributed by atoms with Crippen molar-refractivity contribution in [1.82, 2.24) is 14.4 Å². The first-order valence-electron chi connectivity index (χ1n) is 9.10. The smallest absolute Gasteiger partial charge is 0.234 e. The Labute approximate surface area is 162 Å². The van der Waals surface area contributed by atoms with Crippen LogP contribution in [0.5, 0.6) is 5.75 Å². The van der Waals surface area contributed by atoms with Gasteiger partial charge in [0, 0.05) is 29.3 Å². The summed E-state index contributed by atoms with van der Waals surface area (Å²) in [6.45, 7) is 4.99. The number of nitrogens with one attached hydrogen (secondary N) is 1. The van der Waals surface area contributed by atoms with Crippen LogP contribution in [0.3, 0.4) is 0 Å². The molecule has 2 heterocycles. The maximum absolute atomic E-state index is 13.0. The Morgan fingerprint density at radius 1 is 1.04 bits per heavy atom. The van der Waals surface area contributed by atoms with E-state index in [1.165, 1.54) is 12.1 Å². The first-order chi connectivity index (χ1) is 13.6. The zero-order valence-corrected chi connectivity index (χ0v) is 15.8. The van der Waals surface area contributed by atoms with E-state index in [1.54, 1.807) is 12.1 Å². The van der Waals surface area contributed by atoms with E-state index in [4.69, 9.17) is 4.74 Å². The zero-order valence-electron chi connectivity index (χ0n) is 15.8. The quantitative estimate of drug-likeness (QED) is 0.531. The summed E-state index contributed by atoms with van der Waals surface area (Å²) in [5, 5.41) is 3.37. The lowest BCUT2D eigenvalue weighted by atomic mass is 10.2. The van der Waals surface area contributed by atoms with E-state index < -0.39 is 0 Å². The van der Waals surface area contributed by atoms with Crippen LogP contribution < -0.4 is 10.1 Å². The van der Waals surface area contributed by atoms with Gasteiger partial charge in [0.2, 0.25) is 5.78 Å². The molecule has 0 atom stereocenters.